The Morgan fingerprint density at radius 1 is 0.763 bits per heavy atom. The van der Waals surface area contributed by atoms with E-state index in [1.54, 1.807) is 7.11 Å². The maximum absolute atomic E-state index is 13.7. The molecule has 2 aromatic carbocycles. The summed E-state index contributed by atoms with van der Waals surface area (Å²) in [5.74, 6) is 0.876. The second-order valence-electron chi connectivity index (χ2n) is 10.3. The zero-order chi connectivity index (χ0) is 26.5. The standard InChI is InChI=1S/C29H37N5O4/c1-38-24-11-8-22(9-12-24)31-29(37)34-17-5-16-32(18-19-34)26-13-10-23(30-27(35)21-6-7-21)20-25(26)28(36)33-14-3-2-4-15-33/h8-13,20-21H,2-7,14-19H2,1H3,(H,30,35)(H,31,37). The summed E-state index contributed by atoms with van der Waals surface area (Å²) in [6.07, 6.45) is 5.82. The number of ether oxygens (including phenoxy) is 1. The van der Waals surface area contributed by atoms with Crippen LogP contribution in [0.3, 0.4) is 0 Å². The lowest BCUT2D eigenvalue weighted by Gasteiger charge is -2.30. The van der Waals surface area contributed by atoms with Gasteiger partial charge in [-0.3, -0.25) is 9.59 Å². The van der Waals surface area contributed by atoms with Crippen LogP contribution in [0.1, 0.15) is 48.9 Å². The summed E-state index contributed by atoms with van der Waals surface area (Å²) in [5.41, 5.74) is 2.87. The third-order valence-electron chi connectivity index (χ3n) is 7.55. The number of piperidine rings is 1. The fraction of sp³-hybridized carbons (Fsp3) is 0.483. The number of urea groups is 1. The minimum absolute atomic E-state index is 0.0144. The van der Waals surface area contributed by atoms with Crippen LogP contribution in [0.15, 0.2) is 42.5 Å². The van der Waals surface area contributed by atoms with E-state index in [1.807, 2.05) is 52.3 Å². The molecule has 2 aliphatic heterocycles. The van der Waals surface area contributed by atoms with Crippen LogP contribution in [0.25, 0.3) is 0 Å². The number of methoxy groups -OCH3 is 1. The van der Waals surface area contributed by atoms with Crippen molar-refractivity contribution in [1.82, 2.24) is 9.80 Å². The lowest BCUT2D eigenvalue weighted by atomic mass is 10.1. The molecule has 38 heavy (non-hydrogen) atoms. The van der Waals surface area contributed by atoms with Crippen LogP contribution < -0.4 is 20.3 Å². The maximum atomic E-state index is 13.7. The molecule has 2 heterocycles. The fourth-order valence-electron chi connectivity index (χ4n) is 5.16. The summed E-state index contributed by atoms with van der Waals surface area (Å²) in [5, 5.41) is 5.97. The van der Waals surface area contributed by atoms with Gasteiger partial charge in [-0.25, -0.2) is 4.79 Å². The summed E-state index contributed by atoms with van der Waals surface area (Å²) >= 11 is 0. The molecule has 0 aromatic heterocycles. The van der Waals surface area contributed by atoms with Gasteiger partial charge in [0.05, 0.1) is 12.7 Å². The van der Waals surface area contributed by atoms with E-state index in [4.69, 9.17) is 4.74 Å². The van der Waals surface area contributed by atoms with Crippen LogP contribution in [0.4, 0.5) is 21.9 Å². The summed E-state index contributed by atoms with van der Waals surface area (Å²) in [6.45, 7) is 4.04. The molecule has 9 nitrogen and oxygen atoms in total. The highest BCUT2D eigenvalue weighted by atomic mass is 16.5. The molecular formula is C29H37N5O4. The maximum Gasteiger partial charge on any atom is 0.321 e. The number of rotatable bonds is 6. The average molecular weight is 520 g/mol. The molecule has 0 unspecified atom stereocenters. The highest BCUT2D eigenvalue weighted by Gasteiger charge is 2.30. The summed E-state index contributed by atoms with van der Waals surface area (Å²) in [4.78, 5) is 45.0. The molecule has 0 bridgehead atoms. The SMILES string of the molecule is COc1ccc(NC(=O)N2CCCN(c3ccc(NC(=O)C4CC4)cc3C(=O)N3CCCCC3)CC2)cc1. The van der Waals surface area contributed by atoms with Crippen molar-refractivity contribution in [2.24, 2.45) is 5.92 Å². The molecule has 4 amide bonds. The normalized spacial score (nSPS) is 18.0. The molecule has 2 saturated heterocycles. The Morgan fingerprint density at radius 2 is 1.47 bits per heavy atom. The number of hydrogen-bond acceptors (Lipinski definition) is 5. The Labute approximate surface area is 224 Å². The largest absolute Gasteiger partial charge is 0.497 e. The van der Waals surface area contributed by atoms with Crippen LogP contribution in [-0.4, -0.2) is 74.0 Å². The molecule has 1 aliphatic carbocycles. The van der Waals surface area contributed by atoms with E-state index >= 15 is 0 Å². The molecule has 1 saturated carbocycles. The molecule has 0 atom stereocenters. The molecule has 2 aromatic rings. The zero-order valence-electron chi connectivity index (χ0n) is 22.1. The van der Waals surface area contributed by atoms with Gasteiger partial charge in [0.25, 0.3) is 5.91 Å². The van der Waals surface area contributed by atoms with E-state index in [0.717, 1.165) is 75.3 Å². The minimum Gasteiger partial charge on any atom is -0.497 e. The number of carbonyl (C=O) groups is 3. The molecule has 5 rings (SSSR count). The van der Waals surface area contributed by atoms with Gasteiger partial charge < -0.3 is 30.1 Å². The number of nitrogens with one attached hydrogen (secondary N) is 2. The van der Waals surface area contributed by atoms with Crippen molar-refractivity contribution in [2.75, 3.05) is 61.9 Å². The lowest BCUT2D eigenvalue weighted by molar-refractivity contribution is -0.117. The summed E-state index contributed by atoms with van der Waals surface area (Å²) in [6, 6.07) is 12.8. The van der Waals surface area contributed by atoms with Crippen molar-refractivity contribution in [2.45, 2.75) is 38.5 Å². The predicted molar refractivity (Wildman–Crippen MR) is 148 cm³/mol. The Kier molecular flexibility index (Phi) is 8.00. The third kappa shape index (κ3) is 6.20. The zero-order valence-corrected chi connectivity index (χ0v) is 22.1. The molecule has 0 spiro atoms. The first-order valence-electron chi connectivity index (χ1n) is 13.7. The van der Waals surface area contributed by atoms with Crippen LogP contribution >= 0.6 is 0 Å². The number of carbonyl (C=O) groups excluding carboxylic acids is 3. The smallest absolute Gasteiger partial charge is 0.321 e. The first kappa shape index (κ1) is 25.9. The molecule has 202 valence electrons. The molecule has 9 heteroatoms. The number of anilines is 3. The number of amides is 4. The Bertz CT molecular complexity index is 1160. The van der Waals surface area contributed by atoms with Crippen molar-refractivity contribution in [3.8, 4) is 5.75 Å². The highest BCUT2D eigenvalue weighted by molar-refractivity contribution is 6.02. The van der Waals surface area contributed by atoms with E-state index in [1.165, 1.54) is 0 Å². The van der Waals surface area contributed by atoms with Gasteiger partial charge in [0.2, 0.25) is 5.91 Å². The van der Waals surface area contributed by atoms with Gasteiger partial charge in [0.1, 0.15) is 5.75 Å². The first-order chi connectivity index (χ1) is 18.5. The van der Waals surface area contributed by atoms with Gasteiger partial charge >= 0.3 is 6.03 Å². The van der Waals surface area contributed by atoms with Gasteiger partial charge in [-0.1, -0.05) is 0 Å². The van der Waals surface area contributed by atoms with Gasteiger partial charge in [-0.2, -0.15) is 0 Å². The van der Waals surface area contributed by atoms with Gasteiger partial charge in [0, 0.05) is 62.2 Å². The molecule has 3 aliphatic rings. The highest BCUT2D eigenvalue weighted by Crippen LogP contribution is 2.32. The second kappa shape index (κ2) is 11.8. The van der Waals surface area contributed by atoms with Crippen molar-refractivity contribution >= 4 is 34.9 Å². The summed E-state index contributed by atoms with van der Waals surface area (Å²) in [7, 11) is 1.61. The Morgan fingerprint density at radius 3 is 2.18 bits per heavy atom. The van der Waals surface area contributed by atoms with Crippen LogP contribution in [0.5, 0.6) is 5.75 Å². The first-order valence-corrected chi connectivity index (χ1v) is 13.7. The quantitative estimate of drug-likeness (QED) is 0.590. The van der Waals surface area contributed by atoms with Crippen LogP contribution in [0, 0.1) is 5.92 Å². The van der Waals surface area contributed by atoms with E-state index in [-0.39, 0.29) is 23.8 Å². The number of benzene rings is 2. The van der Waals surface area contributed by atoms with Crippen molar-refractivity contribution < 1.29 is 19.1 Å². The average Bonchev–Trinajstić information content (AvgIpc) is 3.81. The molecule has 3 fully saturated rings. The molecule has 2 N–H and O–H groups in total. The van der Waals surface area contributed by atoms with Gasteiger partial charge in [0.15, 0.2) is 0 Å². The Balaban J connectivity index is 1.30. The molecular weight excluding hydrogens is 482 g/mol. The van der Waals surface area contributed by atoms with Crippen LogP contribution in [-0.2, 0) is 4.79 Å². The Hall–Kier alpha value is -3.75. The van der Waals surface area contributed by atoms with Crippen molar-refractivity contribution in [3.63, 3.8) is 0 Å². The van der Waals surface area contributed by atoms with Crippen LogP contribution in [0.2, 0.25) is 0 Å². The number of likely N-dealkylation sites (tertiary alicyclic amines) is 1. The fourth-order valence-corrected chi connectivity index (χ4v) is 5.16. The lowest BCUT2D eigenvalue weighted by Crippen LogP contribution is -2.39. The van der Waals surface area contributed by atoms with E-state index in [2.05, 4.69) is 15.5 Å². The second-order valence-corrected chi connectivity index (χ2v) is 10.3. The van der Waals surface area contributed by atoms with E-state index in [9.17, 15) is 14.4 Å². The minimum atomic E-state index is -0.139. The third-order valence-corrected chi connectivity index (χ3v) is 7.55. The summed E-state index contributed by atoms with van der Waals surface area (Å²) < 4.78 is 5.19. The van der Waals surface area contributed by atoms with Crippen molar-refractivity contribution in [3.05, 3.63) is 48.0 Å². The topological polar surface area (TPSA) is 94.2 Å². The monoisotopic (exact) mass is 519 g/mol. The van der Waals surface area contributed by atoms with Crippen molar-refractivity contribution in [1.29, 1.82) is 0 Å². The van der Waals surface area contributed by atoms with E-state index in [0.29, 0.717) is 30.9 Å². The number of hydrogen-bond donors (Lipinski definition) is 2. The van der Waals surface area contributed by atoms with Gasteiger partial charge in [-0.15, -0.1) is 0 Å². The number of nitrogens with zero attached hydrogens (tertiary/aromatic N) is 3. The van der Waals surface area contributed by atoms with E-state index < -0.39 is 0 Å². The molecule has 0 radical (unpaired) electrons. The van der Waals surface area contributed by atoms with Gasteiger partial charge in [-0.05, 0) is 81.0 Å². The predicted octanol–water partition coefficient (Wildman–Crippen LogP) is 4.41.